The van der Waals surface area contributed by atoms with Crippen molar-refractivity contribution < 1.29 is 0 Å². The van der Waals surface area contributed by atoms with Crippen LogP contribution in [0.3, 0.4) is 0 Å². The SMILES string of the molecule is CCCNCc1sc(CCN2CCCC(C)C2)nc1CC. The molecule has 1 aromatic heterocycles. The molecule has 1 saturated heterocycles. The van der Waals surface area contributed by atoms with Gasteiger partial charge in [-0.15, -0.1) is 11.3 Å². The van der Waals surface area contributed by atoms with Gasteiger partial charge < -0.3 is 10.2 Å². The lowest BCUT2D eigenvalue weighted by atomic mass is 10.0. The van der Waals surface area contributed by atoms with Gasteiger partial charge in [0.2, 0.25) is 0 Å². The standard InChI is InChI=1S/C17H31N3S/c1-4-9-18-12-16-15(5-2)19-17(21-16)8-11-20-10-6-7-14(3)13-20/h14,18H,4-13H2,1-3H3. The van der Waals surface area contributed by atoms with Crippen LogP contribution in [0.25, 0.3) is 0 Å². The average molecular weight is 310 g/mol. The Hall–Kier alpha value is -0.450. The van der Waals surface area contributed by atoms with Crippen molar-refractivity contribution in [3.05, 3.63) is 15.6 Å². The first-order valence-electron chi connectivity index (χ1n) is 8.63. The van der Waals surface area contributed by atoms with Crippen LogP contribution in [0.15, 0.2) is 0 Å². The van der Waals surface area contributed by atoms with E-state index in [1.54, 1.807) is 0 Å². The van der Waals surface area contributed by atoms with Crippen LogP contribution >= 0.6 is 11.3 Å². The lowest BCUT2D eigenvalue weighted by Gasteiger charge is -2.30. The van der Waals surface area contributed by atoms with E-state index in [1.807, 2.05) is 11.3 Å². The van der Waals surface area contributed by atoms with Gasteiger partial charge in [0, 0.05) is 30.9 Å². The molecule has 0 amide bonds. The summed E-state index contributed by atoms with van der Waals surface area (Å²) in [7, 11) is 0. The summed E-state index contributed by atoms with van der Waals surface area (Å²) in [5, 5.41) is 4.84. The highest BCUT2D eigenvalue weighted by atomic mass is 32.1. The van der Waals surface area contributed by atoms with E-state index in [1.165, 1.54) is 54.5 Å². The fourth-order valence-electron chi connectivity index (χ4n) is 3.08. The van der Waals surface area contributed by atoms with Crippen molar-refractivity contribution in [2.24, 2.45) is 5.92 Å². The number of aromatic nitrogens is 1. The first-order chi connectivity index (χ1) is 10.2. The molecule has 1 aliphatic rings. The van der Waals surface area contributed by atoms with Gasteiger partial charge in [-0.3, -0.25) is 0 Å². The van der Waals surface area contributed by atoms with E-state index in [0.717, 1.165) is 31.8 Å². The fraction of sp³-hybridized carbons (Fsp3) is 0.824. The van der Waals surface area contributed by atoms with Gasteiger partial charge in [-0.05, 0) is 44.7 Å². The normalized spacial score (nSPS) is 20.0. The molecular formula is C17H31N3S. The first kappa shape index (κ1) is 16.9. The smallest absolute Gasteiger partial charge is 0.0944 e. The van der Waals surface area contributed by atoms with Gasteiger partial charge in [-0.2, -0.15) is 0 Å². The van der Waals surface area contributed by atoms with Gasteiger partial charge in [-0.25, -0.2) is 4.98 Å². The first-order valence-corrected chi connectivity index (χ1v) is 9.45. The third kappa shape index (κ3) is 5.35. The lowest BCUT2D eigenvalue weighted by Crippen LogP contribution is -2.35. The zero-order valence-electron chi connectivity index (χ0n) is 14.0. The van der Waals surface area contributed by atoms with E-state index in [2.05, 4.69) is 31.0 Å². The summed E-state index contributed by atoms with van der Waals surface area (Å²) in [6, 6.07) is 0. The molecule has 2 rings (SSSR count). The van der Waals surface area contributed by atoms with Gasteiger partial charge in [0.05, 0.1) is 10.7 Å². The molecule has 1 aromatic rings. The minimum absolute atomic E-state index is 0.870. The maximum Gasteiger partial charge on any atom is 0.0944 e. The van der Waals surface area contributed by atoms with E-state index in [0.29, 0.717) is 0 Å². The molecule has 1 N–H and O–H groups in total. The Bertz CT molecular complexity index is 416. The van der Waals surface area contributed by atoms with Crippen molar-refractivity contribution in [2.75, 3.05) is 26.2 Å². The molecule has 4 heteroatoms. The highest BCUT2D eigenvalue weighted by molar-refractivity contribution is 7.11. The molecule has 1 aliphatic heterocycles. The molecule has 1 unspecified atom stereocenters. The summed E-state index contributed by atoms with van der Waals surface area (Å²) in [4.78, 5) is 8.94. The number of rotatable bonds is 8. The number of nitrogens with zero attached hydrogens (tertiary/aromatic N) is 2. The minimum Gasteiger partial charge on any atom is -0.312 e. The minimum atomic E-state index is 0.870. The predicted molar refractivity (Wildman–Crippen MR) is 92.0 cm³/mol. The number of likely N-dealkylation sites (tertiary alicyclic amines) is 1. The lowest BCUT2D eigenvalue weighted by molar-refractivity contribution is 0.186. The van der Waals surface area contributed by atoms with Gasteiger partial charge in [0.15, 0.2) is 0 Å². The molecule has 0 aliphatic carbocycles. The van der Waals surface area contributed by atoms with Crippen LogP contribution in [0, 0.1) is 5.92 Å². The van der Waals surface area contributed by atoms with E-state index in [4.69, 9.17) is 4.98 Å². The molecule has 2 heterocycles. The largest absolute Gasteiger partial charge is 0.312 e. The van der Waals surface area contributed by atoms with Crippen molar-refractivity contribution in [3.63, 3.8) is 0 Å². The van der Waals surface area contributed by atoms with Gasteiger partial charge in [0.1, 0.15) is 0 Å². The Morgan fingerprint density at radius 1 is 1.38 bits per heavy atom. The van der Waals surface area contributed by atoms with Crippen molar-refractivity contribution in [1.82, 2.24) is 15.2 Å². The molecule has 120 valence electrons. The van der Waals surface area contributed by atoms with Gasteiger partial charge in [-0.1, -0.05) is 20.8 Å². The third-order valence-corrected chi connectivity index (χ3v) is 5.41. The second kappa shape index (κ2) is 8.86. The highest BCUT2D eigenvalue weighted by Gasteiger charge is 2.17. The monoisotopic (exact) mass is 309 g/mol. The molecule has 0 saturated carbocycles. The number of piperidine rings is 1. The molecule has 3 nitrogen and oxygen atoms in total. The highest BCUT2D eigenvalue weighted by Crippen LogP contribution is 2.21. The van der Waals surface area contributed by atoms with Crippen LogP contribution in [0.2, 0.25) is 0 Å². The maximum absolute atomic E-state index is 4.86. The molecule has 0 spiro atoms. The summed E-state index contributed by atoms with van der Waals surface area (Å²) in [5.41, 5.74) is 1.31. The van der Waals surface area contributed by atoms with Crippen LogP contribution in [0.4, 0.5) is 0 Å². The van der Waals surface area contributed by atoms with Gasteiger partial charge in [0.25, 0.3) is 0 Å². The van der Waals surface area contributed by atoms with Gasteiger partial charge >= 0.3 is 0 Å². The number of hydrogen-bond donors (Lipinski definition) is 1. The number of nitrogens with one attached hydrogen (secondary N) is 1. The molecule has 1 fully saturated rings. The summed E-state index contributed by atoms with van der Waals surface area (Å²) >= 11 is 1.92. The van der Waals surface area contributed by atoms with Crippen molar-refractivity contribution in [3.8, 4) is 0 Å². The van der Waals surface area contributed by atoms with E-state index in [-0.39, 0.29) is 0 Å². The summed E-state index contributed by atoms with van der Waals surface area (Å²) in [6.07, 6.45) is 6.14. The molecule has 21 heavy (non-hydrogen) atoms. The molecule has 1 atom stereocenters. The maximum atomic E-state index is 4.86. The number of aryl methyl sites for hydroxylation is 1. The van der Waals surface area contributed by atoms with Crippen LogP contribution in [0.5, 0.6) is 0 Å². The molecule has 0 radical (unpaired) electrons. The second-order valence-corrected chi connectivity index (χ2v) is 7.47. The number of thiazole rings is 1. The Kier molecular flexibility index (Phi) is 7.14. The topological polar surface area (TPSA) is 28.2 Å². The Balaban J connectivity index is 1.84. The Labute approximate surface area is 134 Å². The Morgan fingerprint density at radius 2 is 2.24 bits per heavy atom. The zero-order valence-corrected chi connectivity index (χ0v) is 14.8. The van der Waals surface area contributed by atoms with E-state index < -0.39 is 0 Å². The molecule has 0 aromatic carbocycles. The van der Waals surface area contributed by atoms with Crippen LogP contribution < -0.4 is 5.32 Å². The average Bonchev–Trinajstić information content (AvgIpc) is 2.88. The third-order valence-electron chi connectivity index (χ3n) is 4.25. The summed E-state index contributed by atoms with van der Waals surface area (Å²) in [5.74, 6) is 0.870. The molecular weight excluding hydrogens is 278 g/mol. The van der Waals surface area contributed by atoms with Crippen LogP contribution in [-0.4, -0.2) is 36.1 Å². The summed E-state index contributed by atoms with van der Waals surface area (Å²) in [6.45, 7) is 12.6. The molecule has 0 bridgehead atoms. The van der Waals surface area contributed by atoms with Crippen molar-refractivity contribution in [2.45, 2.75) is 59.4 Å². The van der Waals surface area contributed by atoms with Crippen LogP contribution in [-0.2, 0) is 19.4 Å². The summed E-state index contributed by atoms with van der Waals surface area (Å²) < 4.78 is 0. The zero-order chi connectivity index (χ0) is 15.1. The van der Waals surface area contributed by atoms with E-state index >= 15 is 0 Å². The predicted octanol–water partition coefficient (Wildman–Crippen LogP) is 3.48. The Morgan fingerprint density at radius 3 is 2.95 bits per heavy atom. The number of hydrogen-bond acceptors (Lipinski definition) is 4. The fourth-order valence-corrected chi connectivity index (χ4v) is 4.20. The van der Waals surface area contributed by atoms with Crippen molar-refractivity contribution in [1.29, 1.82) is 0 Å². The second-order valence-electron chi connectivity index (χ2n) is 6.31. The van der Waals surface area contributed by atoms with Crippen molar-refractivity contribution >= 4 is 11.3 Å². The quantitative estimate of drug-likeness (QED) is 0.745. The van der Waals surface area contributed by atoms with Crippen LogP contribution in [0.1, 0.15) is 55.6 Å². The van der Waals surface area contributed by atoms with E-state index in [9.17, 15) is 0 Å².